The Morgan fingerprint density at radius 2 is 1.84 bits per heavy atom. The summed E-state index contributed by atoms with van der Waals surface area (Å²) in [5, 5.41) is 3.45. The van der Waals surface area contributed by atoms with Crippen LogP contribution in [-0.4, -0.2) is 17.5 Å². The minimum atomic E-state index is -0.206. The lowest BCUT2D eigenvalue weighted by Gasteiger charge is -2.23. The fourth-order valence-corrected chi connectivity index (χ4v) is 4.19. The first kappa shape index (κ1) is 23.0. The average Bonchev–Trinajstić information content (AvgIpc) is 3.13. The summed E-state index contributed by atoms with van der Waals surface area (Å²) in [5.41, 5.74) is 4.79. The van der Waals surface area contributed by atoms with Crippen molar-refractivity contribution >= 4 is 22.4 Å². The van der Waals surface area contributed by atoms with Crippen LogP contribution in [0.15, 0.2) is 48.7 Å². The van der Waals surface area contributed by atoms with Crippen LogP contribution >= 0.6 is 11.3 Å². The SMILES string of the molecule is Cc1ccc(OCC(=O)Nc2ncc(Cc3ccc(C(C)C)cc3)s2)c(C(C)(C)C)c1. The maximum atomic E-state index is 12.4. The van der Waals surface area contributed by atoms with E-state index in [9.17, 15) is 4.79 Å². The lowest BCUT2D eigenvalue weighted by molar-refractivity contribution is -0.118. The molecule has 5 heteroatoms. The van der Waals surface area contributed by atoms with Crippen LogP contribution in [0.5, 0.6) is 5.75 Å². The van der Waals surface area contributed by atoms with E-state index in [2.05, 4.69) is 82.2 Å². The lowest BCUT2D eigenvalue weighted by Crippen LogP contribution is -2.22. The first-order chi connectivity index (χ1) is 14.6. The molecule has 0 aliphatic carbocycles. The van der Waals surface area contributed by atoms with Crippen LogP contribution in [-0.2, 0) is 16.6 Å². The van der Waals surface area contributed by atoms with Crippen LogP contribution < -0.4 is 10.1 Å². The van der Waals surface area contributed by atoms with Crippen molar-refractivity contribution in [2.45, 2.75) is 59.3 Å². The Balaban J connectivity index is 1.57. The first-order valence-corrected chi connectivity index (χ1v) is 11.5. The maximum absolute atomic E-state index is 12.4. The van der Waals surface area contributed by atoms with Crippen molar-refractivity contribution in [2.75, 3.05) is 11.9 Å². The van der Waals surface area contributed by atoms with Gasteiger partial charge >= 0.3 is 0 Å². The Kier molecular flexibility index (Phi) is 7.16. The number of ether oxygens (including phenoxy) is 1. The molecule has 0 bridgehead atoms. The molecule has 31 heavy (non-hydrogen) atoms. The molecule has 0 aliphatic rings. The number of amides is 1. The summed E-state index contributed by atoms with van der Waals surface area (Å²) in [7, 11) is 0. The second-order valence-electron chi connectivity index (χ2n) is 9.29. The molecule has 3 rings (SSSR count). The highest BCUT2D eigenvalue weighted by Crippen LogP contribution is 2.32. The van der Waals surface area contributed by atoms with Crippen molar-refractivity contribution < 1.29 is 9.53 Å². The standard InChI is InChI=1S/C26H32N2O2S/c1-17(2)20-10-8-19(9-11-20)14-21-15-27-25(31-21)28-24(29)16-30-23-12-7-18(3)13-22(23)26(4,5)6/h7-13,15,17H,14,16H2,1-6H3,(H,27,28,29). The van der Waals surface area contributed by atoms with Gasteiger partial charge in [0.2, 0.25) is 0 Å². The summed E-state index contributed by atoms with van der Waals surface area (Å²) >= 11 is 1.50. The highest BCUT2D eigenvalue weighted by atomic mass is 32.1. The predicted octanol–water partition coefficient (Wildman–Crippen LogP) is 6.48. The van der Waals surface area contributed by atoms with Gasteiger partial charge in [-0.3, -0.25) is 10.1 Å². The number of rotatable bonds is 7. The minimum absolute atomic E-state index is 0.0439. The number of aryl methyl sites for hydroxylation is 1. The van der Waals surface area contributed by atoms with Crippen LogP contribution in [0.3, 0.4) is 0 Å². The first-order valence-electron chi connectivity index (χ1n) is 10.7. The van der Waals surface area contributed by atoms with E-state index in [4.69, 9.17) is 4.74 Å². The predicted molar refractivity (Wildman–Crippen MR) is 129 cm³/mol. The normalized spacial score (nSPS) is 11.6. The number of carbonyl (C=O) groups is 1. The fraction of sp³-hybridized carbons (Fsp3) is 0.385. The lowest BCUT2D eigenvalue weighted by atomic mass is 9.85. The van der Waals surface area contributed by atoms with Crippen molar-refractivity contribution in [2.24, 2.45) is 0 Å². The number of hydrogen-bond acceptors (Lipinski definition) is 4. The van der Waals surface area contributed by atoms with Crippen molar-refractivity contribution in [3.05, 3.63) is 75.8 Å². The number of aromatic nitrogens is 1. The molecular weight excluding hydrogens is 404 g/mol. The zero-order valence-electron chi connectivity index (χ0n) is 19.3. The monoisotopic (exact) mass is 436 g/mol. The van der Waals surface area contributed by atoms with Gasteiger partial charge in [0.15, 0.2) is 11.7 Å². The molecule has 1 heterocycles. The molecule has 0 aliphatic heterocycles. The van der Waals surface area contributed by atoms with Crippen LogP contribution in [0, 0.1) is 6.92 Å². The van der Waals surface area contributed by atoms with Gasteiger partial charge in [0.05, 0.1) is 0 Å². The molecule has 0 saturated heterocycles. The minimum Gasteiger partial charge on any atom is -0.483 e. The molecule has 0 atom stereocenters. The van der Waals surface area contributed by atoms with Gasteiger partial charge in [0.25, 0.3) is 5.91 Å². The summed E-state index contributed by atoms with van der Waals surface area (Å²) in [5.74, 6) is 1.07. The van der Waals surface area contributed by atoms with E-state index < -0.39 is 0 Å². The molecule has 1 aromatic heterocycles. The molecule has 0 radical (unpaired) electrons. The van der Waals surface area contributed by atoms with Crippen LogP contribution in [0.25, 0.3) is 0 Å². The largest absolute Gasteiger partial charge is 0.483 e. The van der Waals surface area contributed by atoms with E-state index in [1.807, 2.05) is 18.3 Å². The van der Waals surface area contributed by atoms with Crippen LogP contribution in [0.2, 0.25) is 0 Å². The molecule has 0 saturated carbocycles. The fourth-order valence-electron chi connectivity index (χ4n) is 3.32. The molecule has 0 fully saturated rings. The molecule has 2 aromatic carbocycles. The molecule has 4 nitrogen and oxygen atoms in total. The van der Waals surface area contributed by atoms with Gasteiger partial charge in [0.1, 0.15) is 5.75 Å². The molecule has 0 unspecified atom stereocenters. The topological polar surface area (TPSA) is 51.2 Å². The summed E-state index contributed by atoms with van der Waals surface area (Å²) in [6, 6.07) is 14.7. The molecular formula is C26H32N2O2S. The summed E-state index contributed by atoms with van der Waals surface area (Å²) < 4.78 is 5.85. The number of nitrogens with zero attached hydrogens (tertiary/aromatic N) is 1. The van der Waals surface area contributed by atoms with Crippen molar-refractivity contribution in [1.82, 2.24) is 4.98 Å². The van der Waals surface area contributed by atoms with E-state index in [0.717, 1.165) is 22.6 Å². The van der Waals surface area contributed by atoms with Gasteiger partial charge in [-0.2, -0.15) is 0 Å². The van der Waals surface area contributed by atoms with Crippen molar-refractivity contribution in [1.29, 1.82) is 0 Å². The van der Waals surface area contributed by atoms with Gasteiger partial charge in [0, 0.05) is 17.5 Å². The van der Waals surface area contributed by atoms with E-state index in [1.54, 1.807) is 0 Å². The quantitative estimate of drug-likeness (QED) is 0.461. The van der Waals surface area contributed by atoms with E-state index in [1.165, 1.54) is 28.0 Å². The zero-order valence-corrected chi connectivity index (χ0v) is 20.1. The third-order valence-corrected chi connectivity index (χ3v) is 6.04. The Morgan fingerprint density at radius 1 is 1.13 bits per heavy atom. The van der Waals surface area contributed by atoms with E-state index in [0.29, 0.717) is 11.0 Å². The Hall–Kier alpha value is -2.66. The zero-order chi connectivity index (χ0) is 22.6. The number of carbonyl (C=O) groups excluding carboxylic acids is 1. The Labute approximate surface area is 189 Å². The molecule has 1 amide bonds. The number of hydrogen-bond donors (Lipinski definition) is 1. The molecule has 1 N–H and O–H groups in total. The highest BCUT2D eigenvalue weighted by Gasteiger charge is 2.20. The van der Waals surface area contributed by atoms with E-state index >= 15 is 0 Å². The smallest absolute Gasteiger partial charge is 0.264 e. The van der Waals surface area contributed by atoms with Crippen LogP contribution in [0.1, 0.15) is 67.7 Å². The number of nitrogens with one attached hydrogen (secondary N) is 1. The summed E-state index contributed by atoms with van der Waals surface area (Å²) in [4.78, 5) is 17.9. The van der Waals surface area contributed by atoms with Crippen molar-refractivity contribution in [3.8, 4) is 5.75 Å². The maximum Gasteiger partial charge on any atom is 0.264 e. The second-order valence-corrected chi connectivity index (χ2v) is 10.4. The van der Waals surface area contributed by atoms with Gasteiger partial charge in [-0.15, -0.1) is 11.3 Å². The second kappa shape index (κ2) is 9.65. The Morgan fingerprint density at radius 3 is 2.48 bits per heavy atom. The van der Waals surface area contributed by atoms with Crippen molar-refractivity contribution in [3.63, 3.8) is 0 Å². The highest BCUT2D eigenvalue weighted by molar-refractivity contribution is 7.15. The average molecular weight is 437 g/mol. The third-order valence-electron chi connectivity index (χ3n) is 5.13. The summed E-state index contributed by atoms with van der Waals surface area (Å²) in [6.07, 6.45) is 2.63. The summed E-state index contributed by atoms with van der Waals surface area (Å²) in [6.45, 7) is 12.8. The van der Waals surface area contributed by atoms with E-state index in [-0.39, 0.29) is 17.9 Å². The van der Waals surface area contributed by atoms with Gasteiger partial charge in [-0.25, -0.2) is 4.98 Å². The molecule has 0 spiro atoms. The number of thiazole rings is 1. The van der Waals surface area contributed by atoms with Gasteiger partial charge in [-0.1, -0.05) is 76.6 Å². The number of benzene rings is 2. The third kappa shape index (κ3) is 6.41. The van der Waals surface area contributed by atoms with Gasteiger partial charge < -0.3 is 4.74 Å². The Bertz CT molecular complexity index is 1030. The van der Waals surface area contributed by atoms with Gasteiger partial charge in [-0.05, 0) is 41.0 Å². The molecule has 164 valence electrons. The number of anilines is 1. The van der Waals surface area contributed by atoms with Crippen LogP contribution in [0.4, 0.5) is 5.13 Å². The molecule has 3 aromatic rings.